The number of para-hydroxylation sites is 2. The topological polar surface area (TPSA) is 52.2 Å². The average molecular weight is 402 g/mol. The Bertz CT molecular complexity index is 981. The zero-order valence-corrected chi connectivity index (χ0v) is 15.7. The van der Waals surface area contributed by atoms with Crippen LogP contribution in [0, 0.1) is 0 Å². The molecule has 5 nitrogen and oxygen atoms in total. The lowest BCUT2D eigenvalue weighted by Gasteiger charge is -2.22. The lowest BCUT2D eigenvalue weighted by atomic mass is 10.1. The first kappa shape index (κ1) is 19.3. The minimum atomic E-state index is -4.41. The van der Waals surface area contributed by atoms with Gasteiger partial charge in [-0.15, -0.1) is 0 Å². The van der Waals surface area contributed by atoms with E-state index in [-0.39, 0.29) is 12.3 Å². The van der Waals surface area contributed by atoms with Crippen molar-refractivity contribution in [1.82, 2.24) is 14.9 Å². The number of amides is 1. The largest absolute Gasteiger partial charge is 0.416 e. The zero-order valence-electron chi connectivity index (χ0n) is 15.7. The molecular formula is C21H21F3N4O. The molecule has 0 radical (unpaired) electrons. The van der Waals surface area contributed by atoms with E-state index >= 15 is 0 Å². The lowest BCUT2D eigenvalue weighted by Crippen LogP contribution is -2.36. The number of aromatic nitrogens is 2. The number of anilines is 1. The van der Waals surface area contributed by atoms with Crippen LogP contribution in [0.15, 0.2) is 48.5 Å². The van der Waals surface area contributed by atoms with Crippen molar-refractivity contribution in [3.63, 3.8) is 0 Å². The minimum absolute atomic E-state index is 0.0332. The van der Waals surface area contributed by atoms with Crippen LogP contribution < -0.4 is 4.90 Å². The van der Waals surface area contributed by atoms with Gasteiger partial charge in [-0.3, -0.25) is 4.79 Å². The van der Waals surface area contributed by atoms with Gasteiger partial charge in [0, 0.05) is 26.2 Å². The fraction of sp³-hybridized carbons (Fsp3) is 0.333. The first-order valence-corrected chi connectivity index (χ1v) is 9.54. The summed E-state index contributed by atoms with van der Waals surface area (Å²) in [5.74, 6) is 0.620. The van der Waals surface area contributed by atoms with Crippen LogP contribution in [0.25, 0.3) is 11.0 Å². The third-order valence-electron chi connectivity index (χ3n) is 5.13. The number of carbonyl (C=O) groups is 1. The van der Waals surface area contributed by atoms with Crippen molar-refractivity contribution in [2.75, 3.05) is 31.1 Å². The molecule has 3 aromatic rings. The summed E-state index contributed by atoms with van der Waals surface area (Å²) in [5.41, 5.74) is 1.51. The SMILES string of the molecule is O=C(Cc1cccc(C(F)(F)F)c1)N1CCCN(c2nc3ccccc3[nH]2)CC1. The third-order valence-corrected chi connectivity index (χ3v) is 5.13. The Kier molecular flexibility index (Phi) is 5.17. The van der Waals surface area contributed by atoms with Crippen molar-refractivity contribution in [3.05, 3.63) is 59.7 Å². The molecule has 8 heteroatoms. The maximum absolute atomic E-state index is 12.9. The van der Waals surface area contributed by atoms with Gasteiger partial charge >= 0.3 is 6.18 Å². The van der Waals surface area contributed by atoms with Crippen LogP contribution in [-0.2, 0) is 17.4 Å². The van der Waals surface area contributed by atoms with E-state index in [0.29, 0.717) is 25.2 Å². The van der Waals surface area contributed by atoms with Crippen LogP contribution in [0.1, 0.15) is 17.5 Å². The van der Waals surface area contributed by atoms with Gasteiger partial charge in [-0.1, -0.05) is 30.3 Å². The molecule has 0 aliphatic carbocycles. The van der Waals surface area contributed by atoms with Gasteiger partial charge in [0.05, 0.1) is 23.0 Å². The van der Waals surface area contributed by atoms with Crippen LogP contribution in [0.4, 0.5) is 19.1 Å². The smallest absolute Gasteiger partial charge is 0.341 e. The molecule has 2 aromatic carbocycles. The van der Waals surface area contributed by atoms with Crippen LogP contribution in [0.5, 0.6) is 0 Å². The number of aromatic amines is 1. The molecule has 1 aliphatic rings. The van der Waals surface area contributed by atoms with E-state index in [1.165, 1.54) is 6.07 Å². The van der Waals surface area contributed by atoms with Gasteiger partial charge in [0.1, 0.15) is 0 Å². The second-order valence-electron chi connectivity index (χ2n) is 7.17. The number of benzene rings is 2. The van der Waals surface area contributed by atoms with Crippen molar-refractivity contribution < 1.29 is 18.0 Å². The summed E-state index contributed by atoms with van der Waals surface area (Å²) in [6.07, 6.45) is -3.67. The number of imidazole rings is 1. The molecule has 0 saturated carbocycles. The highest BCUT2D eigenvalue weighted by Gasteiger charge is 2.30. The lowest BCUT2D eigenvalue weighted by molar-refractivity contribution is -0.138. The van der Waals surface area contributed by atoms with Crippen molar-refractivity contribution in [1.29, 1.82) is 0 Å². The van der Waals surface area contributed by atoms with E-state index in [1.54, 1.807) is 11.0 Å². The molecule has 1 saturated heterocycles. The summed E-state index contributed by atoms with van der Waals surface area (Å²) in [6, 6.07) is 12.8. The highest BCUT2D eigenvalue weighted by molar-refractivity contribution is 5.79. The highest BCUT2D eigenvalue weighted by Crippen LogP contribution is 2.29. The predicted octanol–water partition coefficient (Wildman–Crippen LogP) is 3.86. The van der Waals surface area contributed by atoms with Gasteiger partial charge in [-0.2, -0.15) is 13.2 Å². The van der Waals surface area contributed by atoms with E-state index in [4.69, 9.17) is 0 Å². The number of hydrogen-bond donors (Lipinski definition) is 1. The number of nitrogens with zero attached hydrogens (tertiary/aromatic N) is 3. The molecule has 4 rings (SSSR count). The molecule has 29 heavy (non-hydrogen) atoms. The van der Waals surface area contributed by atoms with Crippen molar-refractivity contribution in [2.45, 2.75) is 19.0 Å². The first-order chi connectivity index (χ1) is 13.9. The number of H-pyrrole nitrogens is 1. The number of rotatable bonds is 3. The Balaban J connectivity index is 1.41. The Labute approximate surface area is 166 Å². The van der Waals surface area contributed by atoms with Crippen LogP contribution >= 0.6 is 0 Å². The van der Waals surface area contributed by atoms with E-state index in [9.17, 15) is 18.0 Å². The Morgan fingerprint density at radius 3 is 2.66 bits per heavy atom. The van der Waals surface area contributed by atoms with Crippen molar-refractivity contribution in [2.24, 2.45) is 0 Å². The quantitative estimate of drug-likeness (QED) is 0.724. The number of nitrogens with one attached hydrogen (secondary N) is 1. The second kappa shape index (κ2) is 7.77. The van der Waals surface area contributed by atoms with E-state index in [2.05, 4.69) is 14.9 Å². The van der Waals surface area contributed by atoms with Gasteiger partial charge in [0.15, 0.2) is 0 Å². The molecule has 0 bridgehead atoms. The highest BCUT2D eigenvalue weighted by atomic mass is 19.4. The van der Waals surface area contributed by atoms with Crippen LogP contribution in [-0.4, -0.2) is 47.0 Å². The molecule has 0 atom stereocenters. The maximum atomic E-state index is 12.9. The van der Waals surface area contributed by atoms with Gasteiger partial charge in [0.25, 0.3) is 0 Å². The number of alkyl halides is 3. The second-order valence-corrected chi connectivity index (χ2v) is 7.17. The molecule has 152 valence electrons. The number of hydrogen-bond acceptors (Lipinski definition) is 3. The van der Waals surface area contributed by atoms with Crippen molar-refractivity contribution >= 4 is 22.9 Å². The Morgan fingerprint density at radius 2 is 1.86 bits per heavy atom. The number of fused-ring (bicyclic) bond motifs is 1. The van der Waals surface area contributed by atoms with Crippen molar-refractivity contribution in [3.8, 4) is 0 Å². The molecule has 0 unspecified atom stereocenters. The standard InChI is InChI=1S/C21H21F3N4O/c22-21(23,24)16-6-3-5-15(13-16)14-19(29)27-9-4-10-28(12-11-27)20-25-17-7-1-2-8-18(17)26-20/h1-3,5-8,13H,4,9-12,14H2,(H,25,26). The molecule has 1 N–H and O–H groups in total. The summed E-state index contributed by atoms with van der Waals surface area (Å²) in [7, 11) is 0. The van der Waals surface area contributed by atoms with Gasteiger partial charge < -0.3 is 14.8 Å². The summed E-state index contributed by atoms with van der Waals surface area (Å²) >= 11 is 0. The molecule has 1 aromatic heterocycles. The molecule has 0 spiro atoms. The minimum Gasteiger partial charge on any atom is -0.341 e. The monoisotopic (exact) mass is 402 g/mol. The summed E-state index contributed by atoms with van der Waals surface area (Å²) in [6.45, 7) is 2.46. The average Bonchev–Trinajstić information content (AvgIpc) is 2.96. The molecular weight excluding hydrogens is 381 g/mol. The fourth-order valence-corrected chi connectivity index (χ4v) is 3.61. The molecule has 1 fully saturated rings. The zero-order chi connectivity index (χ0) is 20.4. The van der Waals surface area contributed by atoms with Crippen LogP contribution in [0.2, 0.25) is 0 Å². The van der Waals surface area contributed by atoms with Gasteiger partial charge in [-0.25, -0.2) is 4.98 Å². The molecule has 2 heterocycles. The summed E-state index contributed by atoms with van der Waals surface area (Å²) in [4.78, 5) is 24.4. The van der Waals surface area contributed by atoms with E-state index in [1.807, 2.05) is 24.3 Å². The normalized spacial score (nSPS) is 15.6. The first-order valence-electron chi connectivity index (χ1n) is 9.54. The van der Waals surface area contributed by atoms with E-state index < -0.39 is 11.7 Å². The Hall–Kier alpha value is -3.03. The fourth-order valence-electron chi connectivity index (χ4n) is 3.61. The summed E-state index contributed by atoms with van der Waals surface area (Å²) in [5, 5.41) is 0. The van der Waals surface area contributed by atoms with Crippen LogP contribution in [0.3, 0.4) is 0 Å². The number of halogens is 3. The Morgan fingerprint density at radius 1 is 1.03 bits per heavy atom. The molecule has 1 amide bonds. The van der Waals surface area contributed by atoms with E-state index in [0.717, 1.165) is 42.1 Å². The van der Waals surface area contributed by atoms with Gasteiger partial charge in [-0.05, 0) is 30.2 Å². The predicted molar refractivity (Wildman–Crippen MR) is 105 cm³/mol. The molecule has 1 aliphatic heterocycles. The number of carbonyl (C=O) groups excluding carboxylic acids is 1. The van der Waals surface area contributed by atoms with Gasteiger partial charge in [0.2, 0.25) is 11.9 Å². The maximum Gasteiger partial charge on any atom is 0.416 e. The third kappa shape index (κ3) is 4.36. The summed E-state index contributed by atoms with van der Waals surface area (Å²) < 4.78 is 38.7.